The smallest absolute Gasteiger partial charge is 0.157 e. The molecule has 0 amide bonds. The second-order valence-electron chi connectivity index (χ2n) is 13.6. The molecule has 0 aromatic carbocycles. The average Bonchev–Trinajstić information content (AvgIpc) is 3.24. The van der Waals surface area contributed by atoms with Crippen molar-refractivity contribution in [2.75, 3.05) is 6.61 Å². The molecule has 0 N–H and O–H groups in total. The van der Waals surface area contributed by atoms with Crippen molar-refractivity contribution >= 4 is 0 Å². The topological polar surface area (TPSA) is 18.5 Å². The number of unbranched alkanes of at least 4 members (excludes halogenated alkanes) is 1. The molecule has 0 aromatic rings. The van der Waals surface area contributed by atoms with Gasteiger partial charge in [0.1, 0.15) is 0 Å². The van der Waals surface area contributed by atoms with Crippen molar-refractivity contribution in [3.05, 3.63) is 11.1 Å². The summed E-state index contributed by atoms with van der Waals surface area (Å²) in [4.78, 5) is 0. The van der Waals surface area contributed by atoms with Crippen molar-refractivity contribution in [1.29, 1.82) is 0 Å². The molecule has 208 valence electrons. The van der Waals surface area contributed by atoms with E-state index in [1.54, 1.807) is 0 Å². The van der Waals surface area contributed by atoms with Gasteiger partial charge < -0.3 is 9.47 Å². The van der Waals surface area contributed by atoms with Crippen molar-refractivity contribution in [1.82, 2.24) is 0 Å². The summed E-state index contributed by atoms with van der Waals surface area (Å²) < 4.78 is 12.4. The van der Waals surface area contributed by atoms with Gasteiger partial charge in [-0.2, -0.15) is 0 Å². The van der Waals surface area contributed by atoms with Crippen molar-refractivity contribution in [2.45, 2.75) is 157 Å². The standard InChI is InChI=1S/C32H54O2.C2H6/c1-5-23-20-29-27(26-15-14-25(21-28(23)26)34-31-12-8-9-19-33-31)17-18-32(4)24(13-16-30(29)32)11-7-6-10-22(2)3;1-2/h22-25,27,29-31H,5-21H2,1-4H3;1-2H3. The Labute approximate surface area is 224 Å². The Hall–Kier alpha value is -0.340. The summed E-state index contributed by atoms with van der Waals surface area (Å²) in [7, 11) is 0. The highest BCUT2D eigenvalue weighted by atomic mass is 16.7. The first-order valence-corrected chi connectivity index (χ1v) is 16.5. The minimum absolute atomic E-state index is 0.0728. The third-order valence-corrected chi connectivity index (χ3v) is 11.3. The minimum Gasteiger partial charge on any atom is -0.353 e. The molecule has 0 bridgehead atoms. The zero-order valence-electron chi connectivity index (χ0n) is 25.0. The Morgan fingerprint density at radius 1 is 1.00 bits per heavy atom. The second-order valence-corrected chi connectivity index (χ2v) is 13.6. The highest BCUT2D eigenvalue weighted by molar-refractivity contribution is 5.29. The maximum atomic E-state index is 6.51. The van der Waals surface area contributed by atoms with Crippen LogP contribution in [0.5, 0.6) is 0 Å². The van der Waals surface area contributed by atoms with Crippen LogP contribution in [-0.2, 0) is 9.47 Å². The van der Waals surface area contributed by atoms with E-state index >= 15 is 0 Å². The molecule has 8 atom stereocenters. The molecular weight excluding hydrogens is 440 g/mol. The fourth-order valence-electron chi connectivity index (χ4n) is 9.42. The zero-order valence-corrected chi connectivity index (χ0v) is 25.0. The Bertz CT molecular complexity index is 704. The van der Waals surface area contributed by atoms with Gasteiger partial charge in [-0.15, -0.1) is 0 Å². The second kappa shape index (κ2) is 13.1. The van der Waals surface area contributed by atoms with Crippen LogP contribution in [0.4, 0.5) is 0 Å². The van der Waals surface area contributed by atoms with Gasteiger partial charge in [0.25, 0.3) is 0 Å². The number of hydrogen-bond acceptors (Lipinski definition) is 2. The van der Waals surface area contributed by atoms with Gasteiger partial charge in [-0.25, -0.2) is 0 Å². The first-order valence-electron chi connectivity index (χ1n) is 16.5. The van der Waals surface area contributed by atoms with E-state index in [4.69, 9.17) is 9.47 Å². The van der Waals surface area contributed by atoms with E-state index in [0.29, 0.717) is 11.5 Å². The summed E-state index contributed by atoms with van der Waals surface area (Å²) >= 11 is 0. The maximum Gasteiger partial charge on any atom is 0.157 e. The van der Waals surface area contributed by atoms with Gasteiger partial charge in [0.15, 0.2) is 6.29 Å². The number of hydrogen-bond donors (Lipinski definition) is 0. The fourth-order valence-corrected chi connectivity index (χ4v) is 9.42. The van der Waals surface area contributed by atoms with Gasteiger partial charge in [0, 0.05) is 6.61 Å². The van der Waals surface area contributed by atoms with Crippen LogP contribution in [0.25, 0.3) is 0 Å². The molecule has 2 nitrogen and oxygen atoms in total. The monoisotopic (exact) mass is 500 g/mol. The lowest BCUT2D eigenvalue weighted by Crippen LogP contribution is -2.46. The summed E-state index contributed by atoms with van der Waals surface area (Å²) in [6.07, 6.45) is 22.5. The Morgan fingerprint density at radius 3 is 2.56 bits per heavy atom. The number of fused-ring (bicyclic) bond motifs is 4. The van der Waals surface area contributed by atoms with E-state index in [9.17, 15) is 0 Å². The van der Waals surface area contributed by atoms with Crippen LogP contribution in [0, 0.1) is 40.9 Å². The normalized spacial score (nSPS) is 40.2. The van der Waals surface area contributed by atoms with E-state index < -0.39 is 0 Å². The lowest BCUT2D eigenvalue weighted by Gasteiger charge is -2.54. The van der Waals surface area contributed by atoms with E-state index in [1.165, 1.54) is 96.3 Å². The van der Waals surface area contributed by atoms with Crippen molar-refractivity contribution < 1.29 is 9.47 Å². The third-order valence-electron chi connectivity index (χ3n) is 11.3. The summed E-state index contributed by atoms with van der Waals surface area (Å²) in [6, 6.07) is 0. The number of allylic oxidation sites excluding steroid dienone is 1. The summed E-state index contributed by atoms with van der Waals surface area (Å²) in [5.41, 5.74) is 4.41. The summed E-state index contributed by atoms with van der Waals surface area (Å²) in [5.74, 6) is 5.57. The first kappa shape index (κ1) is 28.7. The molecule has 0 spiro atoms. The van der Waals surface area contributed by atoms with E-state index in [1.807, 2.05) is 25.0 Å². The zero-order chi connectivity index (χ0) is 25.7. The molecular formula is C34H60O2. The van der Waals surface area contributed by atoms with Crippen LogP contribution in [0.1, 0.15) is 144 Å². The molecule has 0 aromatic heterocycles. The van der Waals surface area contributed by atoms with E-state index in [-0.39, 0.29) is 6.29 Å². The predicted molar refractivity (Wildman–Crippen MR) is 153 cm³/mol. The largest absolute Gasteiger partial charge is 0.353 e. The van der Waals surface area contributed by atoms with E-state index in [0.717, 1.165) is 48.5 Å². The quantitative estimate of drug-likeness (QED) is 0.244. The van der Waals surface area contributed by atoms with Gasteiger partial charge in [-0.1, -0.05) is 72.0 Å². The van der Waals surface area contributed by atoms with Crippen molar-refractivity contribution in [3.8, 4) is 0 Å². The Balaban J connectivity index is 0.00000148. The van der Waals surface area contributed by atoms with Crippen LogP contribution in [0.15, 0.2) is 11.1 Å². The van der Waals surface area contributed by atoms with E-state index in [2.05, 4.69) is 27.7 Å². The van der Waals surface area contributed by atoms with Gasteiger partial charge >= 0.3 is 0 Å². The summed E-state index contributed by atoms with van der Waals surface area (Å²) in [6.45, 7) is 14.8. The van der Waals surface area contributed by atoms with Gasteiger partial charge in [0.2, 0.25) is 0 Å². The van der Waals surface area contributed by atoms with Crippen LogP contribution < -0.4 is 0 Å². The Kier molecular flexibility index (Phi) is 10.5. The highest BCUT2D eigenvalue weighted by Crippen LogP contribution is 2.64. The lowest BCUT2D eigenvalue weighted by molar-refractivity contribution is -0.190. The molecule has 8 unspecified atom stereocenters. The fraction of sp³-hybridized carbons (Fsp3) is 0.941. The minimum atomic E-state index is 0.0728. The van der Waals surface area contributed by atoms with Crippen LogP contribution >= 0.6 is 0 Å². The predicted octanol–water partition coefficient (Wildman–Crippen LogP) is 10.1. The molecule has 5 aliphatic rings. The number of ether oxygens (including phenoxy) is 2. The molecule has 3 fully saturated rings. The molecule has 2 saturated carbocycles. The first-order chi connectivity index (χ1) is 17.5. The SMILES string of the molecule is CC.CCC1CC2C(CCC3(C)C(CCCCC(C)C)CCC23)C2=C1CC(OC1CCCCO1)CC2. The molecule has 1 heterocycles. The highest BCUT2D eigenvalue weighted by Gasteiger charge is 2.55. The van der Waals surface area contributed by atoms with Crippen molar-refractivity contribution in [3.63, 3.8) is 0 Å². The van der Waals surface area contributed by atoms with Crippen LogP contribution in [0.2, 0.25) is 0 Å². The molecule has 4 aliphatic carbocycles. The van der Waals surface area contributed by atoms with Crippen molar-refractivity contribution in [2.24, 2.45) is 40.9 Å². The van der Waals surface area contributed by atoms with Crippen LogP contribution in [-0.4, -0.2) is 19.0 Å². The molecule has 36 heavy (non-hydrogen) atoms. The van der Waals surface area contributed by atoms with Gasteiger partial charge in [0.05, 0.1) is 6.10 Å². The molecule has 1 saturated heterocycles. The van der Waals surface area contributed by atoms with Crippen LogP contribution in [0.3, 0.4) is 0 Å². The molecule has 5 rings (SSSR count). The Morgan fingerprint density at radius 2 is 1.83 bits per heavy atom. The molecule has 1 aliphatic heterocycles. The van der Waals surface area contributed by atoms with Gasteiger partial charge in [-0.3, -0.25) is 0 Å². The van der Waals surface area contributed by atoms with Gasteiger partial charge in [-0.05, 0) is 124 Å². The molecule has 2 heteroatoms. The maximum absolute atomic E-state index is 6.51. The third kappa shape index (κ3) is 6.11. The average molecular weight is 501 g/mol. The summed E-state index contributed by atoms with van der Waals surface area (Å²) in [5, 5.41) is 0. The lowest BCUT2D eigenvalue weighted by atomic mass is 9.51. The molecule has 0 radical (unpaired) electrons. The number of rotatable bonds is 8.